The van der Waals surface area contributed by atoms with Crippen LogP contribution in [-0.2, 0) is 6.42 Å². The van der Waals surface area contributed by atoms with Gasteiger partial charge in [-0.25, -0.2) is 4.98 Å². The summed E-state index contributed by atoms with van der Waals surface area (Å²) in [6, 6.07) is 14.4. The van der Waals surface area contributed by atoms with Gasteiger partial charge < -0.3 is 9.26 Å². The van der Waals surface area contributed by atoms with Crippen molar-refractivity contribution in [1.82, 2.24) is 15.1 Å². The summed E-state index contributed by atoms with van der Waals surface area (Å²) in [7, 11) is 0. The molecule has 2 aromatic heterocycles. The molecule has 0 amide bonds. The van der Waals surface area contributed by atoms with Crippen LogP contribution in [0.3, 0.4) is 0 Å². The topological polar surface area (TPSA) is 84.8 Å². The Hall–Kier alpha value is -3.20. The fourth-order valence-corrected chi connectivity index (χ4v) is 2.13. The molecule has 0 aliphatic carbocycles. The second-order valence-electron chi connectivity index (χ2n) is 5.21. The molecular formula is C18H16N4O2. The number of nitrogens with zero attached hydrogens (tertiary/aromatic N) is 4. The fourth-order valence-electron chi connectivity index (χ4n) is 2.13. The van der Waals surface area contributed by atoms with Gasteiger partial charge in [0.1, 0.15) is 17.5 Å². The van der Waals surface area contributed by atoms with E-state index in [0.29, 0.717) is 29.0 Å². The van der Waals surface area contributed by atoms with Gasteiger partial charge in [0.25, 0.3) is 0 Å². The summed E-state index contributed by atoms with van der Waals surface area (Å²) in [5, 5.41) is 12.9. The zero-order valence-electron chi connectivity index (χ0n) is 13.3. The molecular weight excluding hydrogens is 304 g/mol. The molecule has 24 heavy (non-hydrogen) atoms. The van der Waals surface area contributed by atoms with Crippen LogP contribution in [0.4, 0.5) is 0 Å². The number of nitriles is 1. The van der Waals surface area contributed by atoms with Gasteiger partial charge in [0, 0.05) is 18.1 Å². The standard InChI is InChI=1S/C18H16N4O2/c1-2-3-6-17-21-18(22-24-17)13-8-10-15(11-9-13)23-16-7-4-5-14(12-19)20-16/h4-5,7-11H,2-3,6H2,1H3. The molecule has 3 aromatic rings. The van der Waals surface area contributed by atoms with Crippen LogP contribution in [0.5, 0.6) is 11.6 Å². The lowest BCUT2D eigenvalue weighted by Gasteiger charge is -2.04. The maximum atomic E-state index is 8.86. The third kappa shape index (κ3) is 3.76. The molecule has 0 spiro atoms. The molecule has 0 saturated heterocycles. The number of aryl methyl sites for hydroxylation is 1. The number of unbranched alkanes of at least 4 members (excludes halogenated alkanes) is 1. The highest BCUT2D eigenvalue weighted by Crippen LogP contribution is 2.23. The van der Waals surface area contributed by atoms with Gasteiger partial charge in [-0.3, -0.25) is 0 Å². The van der Waals surface area contributed by atoms with Gasteiger partial charge in [0.05, 0.1) is 0 Å². The Morgan fingerprint density at radius 3 is 2.71 bits per heavy atom. The Kier molecular flexibility index (Phi) is 4.82. The molecule has 120 valence electrons. The Balaban J connectivity index is 1.71. The predicted molar refractivity (Wildman–Crippen MR) is 87.4 cm³/mol. The van der Waals surface area contributed by atoms with E-state index < -0.39 is 0 Å². The van der Waals surface area contributed by atoms with Gasteiger partial charge in [-0.05, 0) is 36.8 Å². The van der Waals surface area contributed by atoms with Crippen molar-refractivity contribution in [1.29, 1.82) is 5.26 Å². The van der Waals surface area contributed by atoms with Crippen LogP contribution in [0.25, 0.3) is 11.4 Å². The van der Waals surface area contributed by atoms with Crippen molar-refractivity contribution in [3.63, 3.8) is 0 Å². The summed E-state index contributed by atoms with van der Waals surface area (Å²) in [6.07, 6.45) is 2.92. The molecule has 0 unspecified atom stereocenters. The summed E-state index contributed by atoms with van der Waals surface area (Å²) in [5.74, 6) is 2.22. The smallest absolute Gasteiger partial charge is 0.226 e. The number of pyridine rings is 1. The number of rotatable bonds is 6. The van der Waals surface area contributed by atoms with Gasteiger partial charge in [0.2, 0.25) is 17.6 Å². The van der Waals surface area contributed by atoms with Crippen molar-refractivity contribution in [2.75, 3.05) is 0 Å². The first-order valence-electron chi connectivity index (χ1n) is 7.76. The lowest BCUT2D eigenvalue weighted by Crippen LogP contribution is -1.90. The monoisotopic (exact) mass is 320 g/mol. The fraction of sp³-hybridized carbons (Fsp3) is 0.222. The van der Waals surface area contributed by atoms with Gasteiger partial charge in [-0.15, -0.1) is 0 Å². The molecule has 0 bridgehead atoms. The van der Waals surface area contributed by atoms with Crippen LogP contribution < -0.4 is 4.74 Å². The number of benzene rings is 1. The van der Waals surface area contributed by atoms with Crippen LogP contribution in [0.1, 0.15) is 31.4 Å². The van der Waals surface area contributed by atoms with E-state index in [0.717, 1.165) is 24.8 Å². The lowest BCUT2D eigenvalue weighted by molar-refractivity contribution is 0.375. The second-order valence-corrected chi connectivity index (χ2v) is 5.21. The van der Waals surface area contributed by atoms with Crippen molar-refractivity contribution in [3.8, 4) is 29.1 Å². The SMILES string of the molecule is CCCCc1nc(-c2ccc(Oc3cccc(C#N)n3)cc2)no1. The Bertz CT molecular complexity index is 850. The van der Waals surface area contributed by atoms with Gasteiger partial charge in [-0.1, -0.05) is 24.6 Å². The van der Waals surface area contributed by atoms with E-state index in [2.05, 4.69) is 22.0 Å². The Morgan fingerprint density at radius 1 is 1.12 bits per heavy atom. The van der Waals surface area contributed by atoms with Crippen LogP contribution in [0, 0.1) is 11.3 Å². The first-order valence-corrected chi connectivity index (χ1v) is 7.76. The van der Waals surface area contributed by atoms with Crippen LogP contribution in [0.15, 0.2) is 47.0 Å². The number of ether oxygens (including phenoxy) is 1. The highest BCUT2D eigenvalue weighted by Gasteiger charge is 2.09. The minimum absolute atomic E-state index is 0.315. The third-order valence-electron chi connectivity index (χ3n) is 3.39. The van der Waals surface area contributed by atoms with Crippen LogP contribution >= 0.6 is 0 Å². The largest absolute Gasteiger partial charge is 0.439 e. The molecule has 0 aliphatic heterocycles. The molecule has 0 atom stereocenters. The summed E-state index contributed by atoms with van der Waals surface area (Å²) in [6.45, 7) is 2.12. The zero-order valence-corrected chi connectivity index (χ0v) is 13.3. The molecule has 6 nitrogen and oxygen atoms in total. The van der Waals surface area contributed by atoms with Crippen molar-refractivity contribution in [3.05, 3.63) is 54.0 Å². The number of aromatic nitrogens is 3. The number of hydrogen-bond acceptors (Lipinski definition) is 6. The average molecular weight is 320 g/mol. The quantitative estimate of drug-likeness (QED) is 0.678. The highest BCUT2D eigenvalue weighted by molar-refractivity contribution is 5.55. The van der Waals surface area contributed by atoms with Crippen molar-refractivity contribution >= 4 is 0 Å². The van der Waals surface area contributed by atoms with Gasteiger partial charge in [-0.2, -0.15) is 10.2 Å². The van der Waals surface area contributed by atoms with Gasteiger partial charge in [0.15, 0.2) is 0 Å². The van der Waals surface area contributed by atoms with Crippen LogP contribution in [0.2, 0.25) is 0 Å². The molecule has 2 heterocycles. The zero-order chi connectivity index (χ0) is 16.8. The van der Waals surface area contributed by atoms with Gasteiger partial charge >= 0.3 is 0 Å². The summed E-state index contributed by atoms with van der Waals surface area (Å²) < 4.78 is 10.9. The van der Waals surface area contributed by atoms with E-state index in [1.54, 1.807) is 30.3 Å². The summed E-state index contributed by atoms with van der Waals surface area (Å²) in [4.78, 5) is 8.46. The number of hydrogen-bond donors (Lipinski definition) is 0. The molecule has 1 aromatic carbocycles. The summed E-state index contributed by atoms with van der Waals surface area (Å²) >= 11 is 0. The highest BCUT2D eigenvalue weighted by atomic mass is 16.5. The average Bonchev–Trinajstić information content (AvgIpc) is 3.10. The molecule has 0 saturated carbocycles. The maximum Gasteiger partial charge on any atom is 0.226 e. The minimum Gasteiger partial charge on any atom is -0.439 e. The van der Waals surface area contributed by atoms with Crippen molar-refractivity contribution < 1.29 is 9.26 Å². The molecule has 0 aliphatic rings. The van der Waals surface area contributed by atoms with E-state index in [1.807, 2.05) is 18.2 Å². The van der Waals surface area contributed by atoms with E-state index in [9.17, 15) is 0 Å². The van der Waals surface area contributed by atoms with Crippen LogP contribution in [-0.4, -0.2) is 15.1 Å². The second kappa shape index (κ2) is 7.38. The Morgan fingerprint density at radius 2 is 1.96 bits per heavy atom. The van der Waals surface area contributed by atoms with Crippen molar-refractivity contribution in [2.24, 2.45) is 0 Å². The first kappa shape index (κ1) is 15.7. The molecule has 0 fully saturated rings. The summed E-state index contributed by atoms with van der Waals surface area (Å²) in [5.41, 5.74) is 1.17. The van der Waals surface area contributed by atoms with E-state index in [-0.39, 0.29) is 0 Å². The normalized spacial score (nSPS) is 10.3. The first-order chi connectivity index (χ1) is 11.8. The maximum absolute atomic E-state index is 8.86. The molecule has 6 heteroatoms. The van der Waals surface area contributed by atoms with E-state index >= 15 is 0 Å². The van der Waals surface area contributed by atoms with Crippen molar-refractivity contribution in [2.45, 2.75) is 26.2 Å². The Labute approximate surface area is 139 Å². The predicted octanol–water partition coefficient (Wildman–Crippen LogP) is 4.14. The van der Waals surface area contributed by atoms with E-state index in [1.165, 1.54) is 0 Å². The minimum atomic E-state index is 0.315. The van der Waals surface area contributed by atoms with E-state index in [4.69, 9.17) is 14.5 Å². The molecule has 0 N–H and O–H groups in total. The molecule has 3 rings (SSSR count). The lowest BCUT2D eigenvalue weighted by atomic mass is 10.2. The molecule has 0 radical (unpaired) electrons. The third-order valence-corrected chi connectivity index (χ3v) is 3.39.